The lowest BCUT2D eigenvalue weighted by Gasteiger charge is -2.19. The largest absolute Gasteiger partial charge is 0.493 e. The zero-order chi connectivity index (χ0) is 18.8. The average Bonchev–Trinajstić information content (AvgIpc) is 2.68. The van der Waals surface area contributed by atoms with Crippen LogP contribution in [0, 0.1) is 0 Å². The highest BCUT2D eigenvalue weighted by Crippen LogP contribution is 2.27. The molecule has 148 valence electrons. The van der Waals surface area contributed by atoms with Gasteiger partial charge in [-0.1, -0.05) is 24.3 Å². The molecule has 0 heterocycles. The number of anilines is 1. The van der Waals surface area contributed by atoms with E-state index in [0.29, 0.717) is 12.5 Å². The summed E-state index contributed by atoms with van der Waals surface area (Å²) in [5.41, 5.74) is 8.25. The number of methoxy groups -OCH3 is 2. The lowest BCUT2D eigenvalue weighted by atomic mass is 10.1. The normalized spacial score (nSPS) is 10.7. The van der Waals surface area contributed by atoms with Crippen LogP contribution in [-0.4, -0.2) is 46.9 Å². The summed E-state index contributed by atoms with van der Waals surface area (Å²) >= 11 is 0. The Morgan fingerprint density at radius 3 is 2.44 bits per heavy atom. The van der Waals surface area contributed by atoms with Crippen molar-refractivity contribution in [2.75, 3.05) is 45.8 Å². The predicted molar refractivity (Wildman–Crippen MR) is 123 cm³/mol. The van der Waals surface area contributed by atoms with Crippen LogP contribution in [0.2, 0.25) is 0 Å². The highest BCUT2D eigenvalue weighted by molar-refractivity contribution is 14.0. The molecule has 0 aromatic heterocycles. The fourth-order valence-corrected chi connectivity index (χ4v) is 2.56. The van der Waals surface area contributed by atoms with Crippen LogP contribution in [0.3, 0.4) is 0 Å². The van der Waals surface area contributed by atoms with Gasteiger partial charge in [0.1, 0.15) is 0 Å². The maximum absolute atomic E-state index is 5.94. The summed E-state index contributed by atoms with van der Waals surface area (Å²) in [5, 5.41) is 3.15. The molecule has 0 saturated heterocycles. The Balaban J connectivity index is 0.00000364. The molecule has 6 nitrogen and oxygen atoms in total. The van der Waals surface area contributed by atoms with Crippen molar-refractivity contribution in [1.82, 2.24) is 5.32 Å². The third-order valence-electron chi connectivity index (χ3n) is 4.08. The maximum Gasteiger partial charge on any atom is 0.188 e. The minimum atomic E-state index is 0. The molecule has 0 aliphatic heterocycles. The van der Waals surface area contributed by atoms with Gasteiger partial charge in [-0.2, -0.15) is 0 Å². The predicted octanol–water partition coefficient (Wildman–Crippen LogP) is 2.91. The highest BCUT2D eigenvalue weighted by atomic mass is 127. The number of ether oxygens (including phenoxy) is 2. The van der Waals surface area contributed by atoms with Crippen molar-refractivity contribution in [3.05, 3.63) is 54.1 Å². The minimum absolute atomic E-state index is 0. The van der Waals surface area contributed by atoms with Crippen LogP contribution in [0.15, 0.2) is 53.5 Å². The van der Waals surface area contributed by atoms with E-state index in [-0.39, 0.29) is 24.0 Å². The summed E-state index contributed by atoms with van der Waals surface area (Å²) in [6.45, 7) is 2.19. The molecule has 0 amide bonds. The number of likely N-dealkylation sites (N-methyl/N-ethyl adjacent to an activating group) is 1. The van der Waals surface area contributed by atoms with E-state index in [4.69, 9.17) is 15.2 Å². The fraction of sp³-hybridized carbons (Fsp3) is 0.350. The van der Waals surface area contributed by atoms with E-state index in [1.54, 1.807) is 14.2 Å². The van der Waals surface area contributed by atoms with Gasteiger partial charge in [-0.25, -0.2) is 0 Å². The van der Waals surface area contributed by atoms with Gasteiger partial charge in [0.15, 0.2) is 17.5 Å². The van der Waals surface area contributed by atoms with Crippen LogP contribution < -0.4 is 25.4 Å². The first kappa shape index (κ1) is 22.9. The highest BCUT2D eigenvalue weighted by Gasteiger charge is 2.04. The Morgan fingerprint density at radius 1 is 1.07 bits per heavy atom. The van der Waals surface area contributed by atoms with Crippen molar-refractivity contribution in [3.8, 4) is 11.5 Å². The van der Waals surface area contributed by atoms with Crippen molar-refractivity contribution in [3.63, 3.8) is 0 Å². The zero-order valence-electron chi connectivity index (χ0n) is 16.1. The molecule has 0 spiro atoms. The molecule has 0 saturated carbocycles. The number of guanidine groups is 1. The molecule has 0 unspecified atom stereocenters. The molecule has 7 heteroatoms. The molecule has 0 aliphatic carbocycles. The number of halogens is 1. The third-order valence-corrected chi connectivity index (χ3v) is 4.08. The van der Waals surface area contributed by atoms with Gasteiger partial charge in [0.2, 0.25) is 0 Å². The third kappa shape index (κ3) is 7.54. The van der Waals surface area contributed by atoms with Gasteiger partial charge in [0, 0.05) is 32.4 Å². The summed E-state index contributed by atoms with van der Waals surface area (Å²) in [7, 11) is 5.32. The van der Waals surface area contributed by atoms with E-state index in [2.05, 4.69) is 34.4 Å². The van der Waals surface area contributed by atoms with Gasteiger partial charge in [0.05, 0.1) is 14.2 Å². The first-order valence-corrected chi connectivity index (χ1v) is 8.65. The van der Waals surface area contributed by atoms with Gasteiger partial charge >= 0.3 is 0 Å². The number of hydrogen-bond donors (Lipinski definition) is 2. The number of para-hydroxylation sites is 1. The quantitative estimate of drug-likeness (QED) is 0.326. The summed E-state index contributed by atoms with van der Waals surface area (Å²) in [6, 6.07) is 16.1. The first-order valence-electron chi connectivity index (χ1n) is 8.65. The van der Waals surface area contributed by atoms with Crippen molar-refractivity contribution >= 4 is 35.6 Å². The Kier molecular flexibility index (Phi) is 10.4. The SMILES string of the molecule is COc1ccc(CCN=C(N)NCCN(C)c2ccccc2)cc1OC.I. The van der Waals surface area contributed by atoms with Crippen LogP contribution in [-0.2, 0) is 6.42 Å². The average molecular weight is 484 g/mol. The standard InChI is InChI=1S/C20H28N4O2.HI/c1-24(17-7-5-4-6-8-17)14-13-23-20(21)22-12-11-16-9-10-18(25-2)19(15-16)26-3;/h4-10,15H,11-14H2,1-3H3,(H3,21,22,23);1H. The number of benzene rings is 2. The lowest BCUT2D eigenvalue weighted by Crippen LogP contribution is -2.37. The van der Waals surface area contributed by atoms with Crippen LogP contribution in [0.25, 0.3) is 0 Å². The molecule has 27 heavy (non-hydrogen) atoms. The lowest BCUT2D eigenvalue weighted by molar-refractivity contribution is 0.354. The Hall–Kier alpha value is -2.16. The van der Waals surface area contributed by atoms with Gasteiger partial charge in [-0.15, -0.1) is 24.0 Å². The van der Waals surface area contributed by atoms with Crippen LogP contribution in [0.5, 0.6) is 11.5 Å². The molecule has 3 N–H and O–H groups in total. The molecule has 0 aliphatic rings. The smallest absolute Gasteiger partial charge is 0.188 e. The Morgan fingerprint density at radius 2 is 1.78 bits per heavy atom. The number of nitrogens with one attached hydrogen (secondary N) is 1. The topological polar surface area (TPSA) is 72.1 Å². The van der Waals surface area contributed by atoms with E-state index < -0.39 is 0 Å². The van der Waals surface area contributed by atoms with E-state index in [0.717, 1.165) is 36.6 Å². The Labute approximate surface area is 178 Å². The maximum atomic E-state index is 5.94. The molecule has 0 radical (unpaired) electrons. The van der Waals surface area contributed by atoms with Crippen LogP contribution in [0.4, 0.5) is 5.69 Å². The van der Waals surface area contributed by atoms with Crippen LogP contribution >= 0.6 is 24.0 Å². The second kappa shape index (κ2) is 12.3. The number of aliphatic imine (C=N–C) groups is 1. The fourth-order valence-electron chi connectivity index (χ4n) is 2.56. The van der Waals surface area contributed by atoms with Crippen molar-refractivity contribution in [2.24, 2.45) is 10.7 Å². The van der Waals surface area contributed by atoms with Crippen LogP contribution in [0.1, 0.15) is 5.56 Å². The van der Waals surface area contributed by atoms with Crippen molar-refractivity contribution < 1.29 is 9.47 Å². The first-order chi connectivity index (χ1) is 12.6. The molecular formula is C20H29IN4O2. The van der Waals surface area contributed by atoms with Gasteiger partial charge in [0.25, 0.3) is 0 Å². The second-order valence-corrected chi connectivity index (χ2v) is 5.89. The molecule has 0 atom stereocenters. The van der Waals surface area contributed by atoms with E-state index in [9.17, 15) is 0 Å². The molecular weight excluding hydrogens is 455 g/mol. The minimum Gasteiger partial charge on any atom is -0.493 e. The molecule has 2 rings (SSSR count). The van der Waals surface area contributed by atoms with Gasteiger partial charge < -0.3 is 25.4 Å². The molecule has 0 fully saturated rings. The summed E-state index contributed by atoms with van der Waals surface area (Å²) in [6.07, 6.45) is 0.784. The summed E-state index contributed by atoms with van der Waals surface area (Å²) in [4.78, 5) is 6.55. The number of rotatable bonds is 9. The monoisotopic (exact) mass is 484 g/mol. The van der Waals surface area contributed by atoms with Crippen molar-refractivity contribution in [2.45, 2.75) is 6.42 Å². The van der Waals surface area contributed by atoms with Crippen molar-refractivity contribution in [1.29, 1.82) is 0 Å². The molecule has 2 aromatic rings. The second-order valence-electron chi connectivity index (χ2n) is 5.89. The number of nitrogens with zero attached hydrogens (tertiary/aromatic N) is 2. The van der Waals surface area contributed by atoms with E-state index >= 15 is 0 Å². The summed E-state index contributed by atoms with van der Waals surface area (Å²) in [5.74, 6) is 1.92. The number of nitrogens with two attached hydrogens (primary N) is 1. The molecule has 2 aromatic carbocycles. The number of hydrogen-bond acceptors (Lipinski definition) is 4. The van der Waals surface area contributed by atoms with Gasteiger partial charge in [-0.3, -0.25) is 4.99 Å². The summed E-state index contributed by atoms with van der Waals surface area (Å²) < 4.78 is 10.6. The van der Waals surface area contributed by atoms with E-state index in [1.807, 2.05) is 36.4 Å². The van der Waals surface area contributed by atoms with E-state index in [1.165, 1.54) is 5.69 Å². The molecule has 0 bridgehead atoms. The van der Waals surface area contributed by atoms with Gasteiger partial charge in [-0.05, 0) is 36.2 Å². The zero-order valence-corrected chi connectivity index (χ0v) is 18.5. The Bertz CT molecular complexity index is 710.